The van der Waals surface area contributed by atoms with Gasteiger partial charge >= 0.3 is 5.97 Å². The standard InChI is InChI=1S/C12H23N3O6S2/c1-22(18,19)14-6-8-15(9-7-14)23(20,21)13-11-4-2-10(3-5-11)12(16)17/h10-11,13H,2-9H2,1H3,(H,16,17). The fourth-order valence-electron chi connectivity index (χ4n) is 2.99. The second-order valence-electron chi connectivity index (χ2n) is 6.07. The molecule has 0 atom stereocenters. The first-order valence-electron chi connectivity index (χ1n) is 7.55. The molecule has 0 aromatic heterocycles. The SMILES string of the molecule is CS(=O)(=O)N1CCN(S(=O)(=O)NC2CCC(C(=O)O)CC2)CC1. The van der Waals surface area contributed by atoms with Crippen molar-refractivity contribution in [1.82, 2.24) is 13.3 Å². The number of carboxylic acids is 1. The van der Waals surface area contributed by atoms with Gasteiger partial charge in [-0.25, -0.2) is 8.42 Å². The summed E-state index contributed by atoms with van der Waals surface area (Å²) in [6, 6.07) is -0.261. The van der Waals surface area contributed by atoms with Gasteiger partial charge in [0, 0.05) is 32.2 Å². The molecule has 0 unspecified atom stereocenters. The molecule has 2 N–H and O–H groups in total. The van der Waals surface area contributed by atoms with Crippen LogP contribution in [0.2, 0.25) is 0 Å². The maximum absolute atomic E-state index is 12.4. The monoisotopic (exact) mass is 369 g/mol. The molecule has 1 heterocycles. The number of piperazine rings is 1. The smallest absolute Gasteiger partial charge is 0.306 e. The number of sulfonamides is 1. The zero-order valence-corrected chi connectivity index (χ0v) is 14.6. The van der Waals surface area contributed by atoms with Gasteiger partial charge in [-0.15, -0.1) is 0 Å². The van der Waals surface area contributed by atoms with Gasteiger partial charge in [-0.1, -0.05) is 0 Å². The summed E-state index contributed by atoms with van der Waals surface area (Å²) in [4.78, 5) is 10.9. The summed E-state index contributed by atoms with van der Waals surface area (Å²) >= 11 is 0. The Morgan fingerprint density at radius 3 is 1.87 bits per heavy atom. The Hall–Kier alpha value is -0.750. The number of carbonyl (C=O) groups is 1. The quantitative estimate of drug-likeness (QED) is 0.643. The second-order valence-corrected chi connectivity index (χ2v) is 9.76. The minimum Gasteiger partial charge on any atom is -0.481 e. The van der Waals surface area contributed by atoms with Crippen molar-refractivity contribution in [1.29, 1.82) is 0 Å². The Morgan fingerprint density at radius 2 is 1.43 bits per heavy atom. The van der Waals surface area contributed by atoms with E-state index in [-0.39, 0.29) is 32.2 Å². The van der Waals surface area contributed by atoms with Gasteiger partial charge in [0.25, 0.3) is 10.2 Å². The number of nitrogens with one attached hydrogen (secondary N) is 1. The molecule has 0 spiro atoms. The highest BCUT2D eigenvalue weighted by Gasteiger charge is 2.33. The van der Waals surface area contributed by atoms with Gasteiger partial charge < -0.3 is 5.11 Å². The van der Waals surface area contributed by atoms with E-state index in [2.05, 4.69) is 4.72 Å². The van der Waals surface area contributed by atoms with Crippen molar-refractivity contribution >= 4 is 26.2 Å². The topological polar surface area (TPSA) is 124 Å². The minimum absolute atomic E-state index is 0.118. The third-order valence-electron chi connectivity index (χ3n) is 4.40. The van der Waals surface area contributed by atoms with Crippen LogP contribution in [-0.4, -0.2) is 75.0 Å². The van der Waals surface area contributed by atoms with Crippen LogP contribution in [0.5, 0.6) is 0 Å². The highest BCUT2D eigenvalue weighted by molar-refractivity contribution is 7.88. The molecular weight excluding hydrogens is 346 g/mol. The number of carboxylic acid groups (broad SMARTS) is 1. The maximum Gasteiger partial charge on any atom is 0.306 e. The van der Waals surface area contributed by atoms with E-state index < -0.39 is 32.1 Å². The van der Waals surface area contributed by atoms with Crippen LogP contribution < -0.4 is 4.72 Å². The van der Waals surface area contributed by atoms with E-state index >= 15 is 0 Å². The first-order valence-corrected chi connectivity index (χ1v) is 10.8. The van der Waals surface area contributed by atoms with Crippen LogP contribution in [0, 0.1) is 5.92 Å². The molecule has 23 heavy (non-hydrogen) atoms. The first-order chi connectivity index (χ1) is 10.6. The lowest BCUT2D eigenvalue weighted by Crippen LogP contribution is -2.54. The normalized spacial score (nSPS) is 28.6. The number of aliphatic carboxylic acids is 1. The molecule has 0 amide bonds. The van der Waals surface area contributed by atoms with Crippen molar-refractivity contribution < 1.29 is 26.7 Å². The Morgan fingerprint density at radius 1 is 0.957 bits per heavy atom. The van der Waals surface area contributed by atoms with Crippen molar-refractivity contribution in [2.24, 2.45) is 5.92 Å². The van der Waals surface area contributed by atoms with Gasteiger partial charge in [0.1, 0.15) is 0 Å². The lowest BCUT2D eigenvalue weighted by molar-refractivity contribution is -0.142. The molecule has 134 valence electrons. The van der Waals surface area contributed by atoms with Crippen LogP contribution in [0.4, 0.5) is 0 Å². The summed E-state index contributed by atoms with van der Waals surface area (Å²) in [5.74, 6) is -1.22. The number of hydrogen-bond acceptors (Lipinski definition) is 5. The molecule has 9 nitrogen and oxygen atoms in total. The van der Waals surface area contributed by atoms with E-state index in [9.17, 15) is 21.6 Å². The van der Waals surface area contributed by atoms with Crippen LogP contribution in [-0.2, 0) is 25.0 Å². The zero-order valence-electron chi connectivity index (χ0n) is 13.0. The van der Waals surface area contributed by atoms with Gasteiger partial charge in [0.15, 0.2) is 0 Å². The summed E-state index contributed by atoms with van der Waals surface area (Å²) in [5, 5.41) is 8.95. The second kappa shape index (κ2) is 7.01. The van der Waals surface area contributed by atoms with Gasteiger partial charge in [-0.3, -0.25) is 4.79 Å². The molecule has 0 aromatic carbocycles. The Bertz CT molecular complexity index is 632. The highest BCUT2D eigenvalue weighted by atomic mass is 32.2. The minimum atomic E-state index is -3.68. The predicted molar refractivity (Wildman–Crippen MR) is 83.4 cm³/mol. The van der Waals surface area contributed by atoms with Crippen molar-refractivity contribution in [2.45, 2.75) is 31.7 Å². The molecule has 0 radical (unpaired) electrons. The fourth-order valence-corrected chi connectivity index (χ4v) is 5.26. The van der Waals surface area contributed by atoms with Gasteiger partial charge in [0.05, 0.1) is 12.2 Å². The zero-order chi connectivity index (χ0) is 17.3. The molecule has 11 heteroatoms. The Labute approximate surface area is 136 Å². The largest absolute Gasteiger partial charge is 0.481 e. The summed E-state index contributed by atoms with van der Waals surface area (Å²) in [5.41, 5.74) is 0. The average molecular weight is 369 g/mol. The van der Waals surface area contributed by atoms with Crippen molar-refractivity contribution in [3.63, 3.8) is 0 Å². The molecule has 0 aromatic rings. The van der Waals surface area contributed by atoms with Gasteiger partial charge in [-0.2, -0.15) is 21.8 Å². The molecule has 2 aliphatic rings. The Kier molecular flexibility index (Phi) is 5.67. The summed E-state index contributed by atoms with van der Waals surface area (Å²) < 4.78 is 52.7. The van der Waals surface area contributed by atoms with E-state index in [0.717, 1.165) is 6.26 Å². The van der Waals surface area contributed by atoms with Crippen LogP contribution in [0.25, 0.3) is 0 Å². The molecule has 2 fully saturated rings. The van der Waals surface area contributed by atoms with Gasteiger partial charge in [0.2, 0.25) is 10.0 Å². The Balaban J connectivity index is 1.87. The van der Waals surface area contributed by atoms with Crippen LogP contribution in [0.15, 0.2) is 0 Å². The molecule has 1 saturated carbocycles. The fraction of sp³-hybridized carbons (Fsp3) is 0.917. The van der Waals surface area contributed by atoms with Crippen LogP contribution >= 0.6 is 0 Å². The third-order valence-corrected chi connectivity index (χ3v) is 7.38. The lowest BCUT2D eigenvalue weighted by Gasteiger charge is -2.34. The number of rotatable bonds is 5. The predicted octanol–water partition coefficient (Wildman–Crippen LogP) is -0.959. The van der Waals surface area contributed by atoms with Crippen LogP contribution in [0.3, 0.4) is 0 Å². The molecule has 0 bridgehead atoms. The van der Waals surface area contributed by atoms with E-state index in [4.69, 9.17) is 5.11 Å². The number of nitrogens with zero attached hydrogens (tertiary/aromatic N) is 2. The van der Waals surface area contributed by atoms with Gasteiger partial charge in [-0.05, 0) is 25.7 Å². The molecule has 1 aliphatic heterocycles. The van der Waals surface area contributed by atoms with Crippen molar-refractivity contribution in [3.05, 3.63) is 0 Å². The van der Waals surface area contributed by atoms with Crippen LogP contribution in [0.1, 0.15) is 25.7 Å². The molecule has 1 aliphatic carbocycles. The maximum atomic E-state index is 12.4. The van der Waals surface area contributed by atoms with E-state index in [1.54, 1.807) is 0 Å². The highest BCUT2D eigenvalue weighted by Crippen LogP contribution is 2.25. The van der Waals surface area contributed by atoms with E-state index in [0.29, 0.717) is 25.7 Å². The third kappa shape index (κ3) is 4.86. The first kappa shape index (κ1) is 18.6. The summed E-state index contributed by atoms with van der Waals surface area (Å²) in [6.07, 6.45) is 3.03. The molecular formula is C12H23N3O6S2. The lowest BCUT2D eigenvalue weighted by atomic mass is 9.87. The van der Waals surface area contributed by atoms with Crippen molar-refractivity contribution in [3.8, 4) is 0 Å². The van der Waals surface area contributed by atoms with E-state index in [1.807, 2.05) is 0 Å². The molecule has 2 rings (SSSR count). The van der Waals surface area contributed by atoms with Crippen molar-refractivity contribution in [2.75, 3.05) is 32.4 Å². The summed E-state index contributed by atoms with van der Waals surface area (Å²) in [6.45, 7) is 0.525. The average Bonchev–Trinajstić information content (AvgIpc) is 2.46. The molecule has 1 saturated heterocycles. The summed E-state index contributed by atoms with van der Waals surface area (Å²) in [7, 11) is -6.98. The van der Waals surface area contributed by atoms with E-state index in [1.165, 1.54) is 8.61 Å². The number of hydrogen-bond donors (Lipinski definition) is 2.